The van der Waals surface area contributed by atoms with E-state index in [1.165, 1.54) is 6.20 Å². The number of amides is 1. The lowest BCUT2D eigenvalue weighted by atomic mass is 10.1. The molecular formula is C15H17N3O3. The molecule has 0 spiro atoms. The average molecular weight is 287 g/mol. The molecule has 1 amide bonds. The van der Waals surface area contributed by atoms with Crippen LogP contribution in [0.1, 0.15) is 23.7 Å². The molecular weight excluding hydrogens is 270 g/mol. The van der Waals surface area contributed by atoms with Crippen molar-refractivity contribution in [3.8, 4) is 11.3 Å². The van der Waals surface area contributed by atoms with Crippen molar-refractivity contribution in [1.82, 2.24) is 15.5 Å². The van der Waals surface area contributed by atoms with E-state index in [2.05, 4.69) is 15.5 Å². The van der Waals surface area contributed by atoms with Gasteiger partial charge >= 0.3 is 5.97 Å². The molecule has 1 unspecified atom stereocenters. The van der Waals surface area contributed by atoms with Crippen molar-refractivity contribution >= 4 is 11.9 Å². The van der Waals surface area contributed by atoms with Gasteiger partial charge in [0.25, 0.3) is 5.91 Å². The van der Waals surface area contributed by atoms with E-state index in [0.717, 1.165) is 5.56 Å². The lowest BCUT2D eigenvalue weighted by Crippen LogP contribution is -2.32. The third kappa shape index (κ3) is 3.47. The highest BCUT2D eigenvalue weighted by Gasteiger charge is 2.19. The zero-order valence-electron chi connectivity index (χ0n) is 11.7. The highest BCUT2D eigenvalue weighted by Crippen LogP contribution is 2.20. The van der Waals surface area contributed by atoms with Gasteiger partial charge in [0.1, 0.15) is 0 Å². The molecule has 2 rings (SSSR count). The van der Waals surface area contributed by atoms with Crippen LogP contribution in [-0.2, 0) is 4.79 Å². The van der Waals surface area contributed by atoms with Crippen LogP contribution in [0.5, 0.6) is 0 Å². The number of carbonyl (C=O) groups excluding carboxylic acids is 1. The number of carbonyl (C=O) groups is 2. The number of hydrogen-bond donors (Lipinski definition) is 3. The zero-order valence-corrected chi connectivity index (χ0v) is 11.7. The third-order valence-corrected chi connectivity index (χ3v) is 3.30. The normalized spacial score (nSPS) is 11.9. The number of nitrogens with one attached hydrogen (secondary N) is 2. The van der Waals surface area contributed by atoms with Crippen molar-refractivity contribution in [2.75, 3.05) is 6.54 Å². The molecule has 0 saturated carbocycles. The van der Waals surface area contributed by atoms with Crippen LogP contribution in [0.25, 0.3) is 11.3 Å². The molecule has 0 aliphatic rings. The maximum absolute atomic E-state index is 12.2. The average Bonchev–Trinajstić information content (AvgIpc) is 2.97. The van der Waals surface area contributed by atoms with E-state index >= 15 is 0 Å². The maximum atomic E-state index is 12.2. The van der Waals surface area contributed by atoms with E-state index in [4.69, 9.17) is 5.11 Å². The van der Waals surface area contributed by atoms with Crippen molar-refractivity contribution in [2.45, 2.75) is 13.3 Å². The van der Waals surface area contributed by atoms with E-state index in [-0.39, 0.29) is 12.5 Å². The monoisotopic (exact) mass is 287 g/mol. The van der Waals surface area contributed by atoms with Crippen LogP contribution in [0.3, 0.4) is 0 Å². The summed E-state index contributed by atoms with van der Waals surface area (Å²) in [6.45, 7) is 1.88. The molecule has 0 saturated heterocycles. The fourth-order valence-corrected chi connectivity index (χ4v) is 2.00. The summed E-state index contributed by atoms with van der Waals surface area (Å²) in [5, 5.41) is 18.3. The van der Waals surface area contributed by atoms with Gasteiger partial charge in [0.15, 0.2) is 0 Å². The van der Waals surface area contributed by atoms with Crippen LogP contribution in [0.2, 0.25) is 0 Å². The molecule has 6 nitrogen and oxygen atoms in total. The minimum atomic E-state index is -0.909. The van der Waals surface area contributed by atoms with Gasteiger partial charge in [-0.3, -0.25) is 14.7 Å². The smallest absolute Gasteiger partial charge is 0.308 e. The van der Waals surface area contributed by atoms with E-state index < -0.39 is 11.9 Å². The topological polar surface area (TPSA) is 95.1 Å². The molecule has 21 heavy (non-hydrogen) atoms. The number of carboxylic acids is 1. The highest BCUT2D eigenvalue weighted by molar-refractivity contribution is 5.99. The summed E-state index contributed by atoms with van der Waals surface area (Å²) in [5.41, 5.74) is 1.88. The van der Waals surface area contributed by atoms with Gasteiger partial charge in [0.05, 0.1) is 23.4 Å². The molecule has 2 aromatic rings. The number of aromatic amines is 1. The van der Waals surface area contributed by atoms with Crippen LogP contribution in [0.4, 0.5) is 0 Å². The molecule has 3 N–H and O–H groups in total. The Balaban J connectivity index is 2.11. The number of rotatable bonds is 6. The number of benzene rings is 1. The second-order valence-corrected chi connectivity index (χ2v) is 4.68. The minimum Gasteiger partial charge on any atom is -0.481 e. The van der Waals surface area contributed by atoms with Crippen LogP contribution in [-0.4, -0.2) is 33.7 Å². The van der Waals surface area contributed by atoms with Crippen LogP contribution < -0.4 is 5.32 Å². The molecule has 1 aromatic carbocycles. The first kappa shape index (κ1) is 14.8. The van der Waals surface area contributed by atoms with E-state index in [1.54, 1.807) is 6.92 Å². The maximum Gasteiger partial charge on any atom is 0.308 e. The van der Waals surface area contributed by atoms with Gasteiger partial charge in [0, 0.05) is 12.1 Å². The fourth-order valence-electron chi connectivity index (χ4n) is 2.00. The van der Waals surface area contributed by atoms with Gasteiger partial charge in [-0.15, -0.1) is 0 Å². The van der Waals surface area contributed by atoms with Gasteiger partial charge < -0.3 is 10.4 Å². The minimum absolute atomic E-state index is 0.101. The van der Waals surface area contributed by atoms with Crippen molar-refractivity contribution < 1.29 is 14.7 Å². The van der Waals surface area contributed by atoms with Crippen molar-refractivity contribution in [2.24, 2.45) is 5.92 Å². The molecule has 0 fully saturated rings. The van der Waals surface area contributed by atoms with Crippen LogP contribution >= 0.6 is 0 Å². The summed E-state index contributed by atoms with van der Waals surface area (Å²) in [7, 11) is 0. The second-order valence-electron chi connectivity index (χ2n) is 4.68. The third-order valence-electron chi connectivity index (χ3n) is 3.30. The van der Waals surface area contributed by atoms with Gasteiger partial charge in [-0.05, 0) is 6.42 Å². The van der Waals surface area contributed by atoms with Gasteiger partial charge in [-0.25, -0.2) is 0 Å². The lowest BCUT2D eigenvalue weighted by molar-refractivity contribution is -0.141. The molecule has 1 heterocycles. The largest absolute Gasteiger partial charge is 0.481 e. The SMILES string of the molecule is CCC(CNC(=O)c1cn[nH]c1-c1ccccc1)C(=O)O. The van der Waals surface area contributed by atoms with Gasteiger partial charge in [-0.1, -0.05) is 37.3 Å². The Morgan fingerprint density at radius 2 is 2.05 bits per heavy atom. The summed E-state index contributed by atoms with van der Waals surface area (Å²) in [6.07, 6.45) is 1.91. The molecule has 0 bridgehead atoms. The van der Waals surface area contributed by atoms with Gasteiger partial charge in [-0.2, -0.15) is 5.10 Å². The Hall–Kier alpha value is -2.63. The van der Waals surface area contributed by atoms with E-state index in [0.29, 0.717) is 17.7 Å². The van der Waals surface area contributed by atoms with E-state index in [9.17, 15) is 9.59 Å². The lowest BCUT2D eigenvalue weighted by Gasteiger charge is -2.11. The van der Waals surface area contributed by atoms with E-state index in [1.807, 2.05) is 30.3 Å². The summed E-state index contributed by atoms with van der Waals surface area (Å²) in [4.78, 5) is 23.1. The number of aromatic nitrogens is 2. The summed E-state index contributed by atoms with van der Waals surface area (Å²) >= 11 is 0. The number of nitrogens with zero attached hydrogens (tertiary/aromatic N) is 1. The first-order chi connectivity index (χ1) is 10.1. The summed E-state index contributed by atoms with van der Waals surface area (Å²) < 4.78 is 0. The predicted molar refractivity (Wildman–Crippen MR) is 77.8 cm³/mol. The Morgan fingerprint density at radius 3 is 2.67 bits per heavy atom. The Labute approximate surface area is 122 Å². The quantitative estimate of drug-likeness (QED) is 0.756. The van der Waals surface area contributed by atoms with Crippen molar-refractivity contribution in [3.63, 3.8) is 0 Å². The predicted octanol–water partition coefficient (Wildman–Crippen LogP) is 1.92. The first-order valence-corrected chi connectivity index (χ1v) is 6.73. The first-order valence-electron chi connectivity index (χ1n) is 6.73. The molecule has 1 aromatic heterocycles. The Kier molecular flexibility index (Phi) is 4.71. The molecule has 0 radical (unpaired) electrons. The highest BCUT2D eigenvalue weighted by atomic mass is 16.4. The summed E-state index contributed by atoms with van der Waals surface area (Å²) in [5.74, 6) is -1.82. The number of aliphatic carboxylic acids is 1. The molecule has 0 aliphatic heterocycles. The Bertz CT molecular complexity index is 622. The molecule has 1 atom stereocenters. The van der Waals surface area contributed by atoms with Crippen LogP contribution in [0.15, 0.2) is 36.5 Å². The standard InChI is InChI=1S/C15H17N3O3/c1-2-10(15(20)21)8-16-14(19)12-9-17-18-13(12)11-6-4-3-5-7-11/h3-7,9-10H,2,8H2,1H3,(H,16,19)(H,17,18)(H,20,21). The molecule has 110 valence electrons. The number of carboxylic acid groups (broad SMARTS) is 1. The molecule has 0 aliphatic carbocycles. The van der Waals surface area contributed by atoms with Crippen LogP contribution in [0, 0.1) is 5.92 Å². The summed E-state index contributed by atoms with van der Waals surface area (Å²) in [6, 6.07) is 9.37. The second kappa shape index (κ2) is 6.69. The Morgan fingerprint density at radius 1 is 1.33 bits per heavy atom. The van der Waals surface area contributed by atoms with Crippen molar-refractivity contribution in [1.29, 1.82) is 0 Å². The number of H-pyrrole nitrogens is 1. The number of hydrogen-bond acceptors (Lipinski definition) is 3. The van der Waals surface area contributed by atoms with Crippen molar-refractivity contribution in [3.05, 3.63) is 42.1 Å². The fraction of sp³-hybridized carbons (Fsp3) is 0.267. The molecule has 6 heteroatoms. The zero-order chi connectivity index (χ0) is 15.2. The van der Waals surface area contributed by atoms with Gasteiger partial charge in [0.2, 0.25) is 0 Å².